The Kier molecular flexibility index (Phi) is 6.94. The summed E-state index contributed by atoms with van der Waals surface area (Å²) in [5.74, 6) is 0.661. The van der Waals surface area contributed by atoms with Crippen molar-refractivity contribution in [3.05, 3.63) is 42.1 Å². The van der Waals surface area contributed by atoms with E-state index in [2.05, 4.69) is 21.3 Å². The molecule has 0 spiro atoms. The van der Waals surface area contributed by atoms with Crippen molar-refractivity contribution < 1.29 is 18.3 Å². The Balaban J connectivity index is 1.37. The molecule has 12 heteroatoms. The van der Waals surface area contributed by atoms with E-state index in [0.29, 0.717) is 50.6 Å². The number of amides is 1. The van der Waals surface area contributed by atoms with Gasteiger partial charge in [-0.25, -0.2) is 18.2 Å². The molecule has 1 amide bonds. The highest BCUT2D eigenvalue weighted by molar-refractivity contribution is 7.88. The molecule has 2 aliphatic heterocycles. The van der Waals surface area contributed by atoms with Crippen LogP contribution in [0.2, 0.25) is 0 Å². The van der Waals surface area contributed by atoms with E-state index in [9.17, 15) is 23.6 Å². The summed E-state index contributed by atoms with van der Waals surface area (Å²) in [7, 11) is -3.17. The summed E-state index contributed by atoms with van der Waals surface area (Å²) in [4.78, 5) is 20.5. The number of piperidine rings is 1. The van der Waals surface area contributed by atoms with E-state index < -0.39 is 16.1 Å². The maximum absolute atomic E-state index is 11.8. The Bertz CT molecular complexity index is 1460. The predicted octanol–water partition coefficient (Wildman–Crippen LogP) is 3.47. The topological polar surface area (TPSA) is 130 Å². The summed E-state index contributed by atoms with van der Waals surface area (Å²) < 4.78 is 25.9. The van der Waals surface area contributed by atoms with Gasteiger partial charge in [-0.1, -0.05) is 12.1 Å². The van der Waals surface area contributed by atoms with Gasteiger partial charge in [-0.15, -0.1) is 11.3 Å². The molecule has 2 fully saturated rings. The number of anilines is 2. The highest BCUT2D eigenvalue weighted by Gasteiger charge is 2.25. The van der Waals surface area contributed by atoms with E-state index in [1.165, 1.54) is 26.8 Å². The lowest BCUT2D eigenvalue weighted by Crippen LogP contribution is -2.48. The second-order valence-electron chi connectivity index (χ2n) is 9.39. The van der Waals surface area contributed by atoms with Gasteiger partial charge >= 0.3 is 6.09 Å². The Morgan fingerprint density at radius 1 is 1.19 bits per heavy atom. The second-order valence-corrected chi connectivity index (χ2v) is 12.4. The molecule has 3 aromatic rings. The molecule has 0 bridgehead atoms. The molecule has 1 atom stereocenters. The summed E-state index contributed by atoms with van der Waals surface area (Å²) in [5.41, 5.74) is 2.57. The fraction of sp³-hybridized carbons (Fsp3) is 0.400. The van der Waals surface area contributed by atoms with E-state index in [1.807, 2.05) is 30.3 Å². The van der Waals surface area contributed by atoms with Gasteiger partial charge in [0.15, 0.2) is 0 Å². The summed E-state index contributed by atoms with van der Waals surface area (Å²) >= 11 is 1.53. The maximum Gasteiger partial charge on any atom is 0.407 e. The zero-order valence-corrected chi connectivity index (χ0v) is 22.1. The first kappa shape index (κ1) is 25.3. The molecular weight excluding hydrogens is 512 g/mol. The van der Waals surface area contributed by atoms with Crippen molar-refractivity contribution in [3.8, 4) is 16.5 Å². The van der Waals surface area contributed by atoms with Crippen LogP contribution in [0.4, 0.5) is 16.3 Å². The first-order chi connectivity index (χ1) is 17.7. The lowest BCUT2D eigenvalue weighted by atomic mass is 10.1. The van der Waals surface area contributed by atoms with Crippen LogP contribution < -0.4 is 10.2 Å². The summed E-state index contributed by atoms with van der Waals surface area (Å²) in [6, 6.07) is 12.4. The van der Waals surface area contributed by atoms with Crippen molar-refractivity contribution >= 4 is 49.0 Å². The maximum atomic E-state index is 11.8. The van der Waals surface area contributed by atoms with Crippen molar-refractivity contribution in [2.45, 2.75) is 18.9 Å². The minimum Gasteiger partial charge on any atom is -0.465 e. The number of hydrogen-bond donors (Lipinski definition) is 2. The van der Waals surface area contributed by atoms with Gasteiger partial charge in [-0.2, -0.15) is 9.57 Å². The standard InChI is InChI=1S/C25H28N6O4S2/c1-37(34,35)31-11-9-29(10-12-31)20-6-4-17(5-7-20)22-13-21-23(36-22)18(14-26)15-27-24(21)28-19-3-2-8-30(16-19)25(32)33/h4-7,13,15,19H,2-3,8-12,16H2,1H3,(H,27,28)(H,32,33)/t19-/m0/s1. The van der Waals surface area contributed by atoms with Crippen LogP contribution in [0, 0.1) is 11.3 Å². The quantitative estimate of drug-likeness (QED) is 0.503. The molecule has 0 aliphatic carbocycles. The molecule has 0 saturated carbocycles. The molecule has 2 aliphatic rings. The van der Waals surface area contributed by atoms with Gasteiger partial charge in [0, 0.05) is 67.5 Å². The fourth-order valence-electron chi connectivity index (χ4n) is 4.94. The molecule has 2 saturated heterocycles. The normalized spacial score (nSPS) is 19.1. The number of piperazine rings is 1. The third kappa shape index (κ3) is 5.34. The van der Waals surface area contributed by atoms with Crippen LogP contribution in [0.5, 0.6) is 0 Å². The average molecular weight is 541 g/mol. The molecule has 4 heterocycles. The van der Waals surface area contributed by atoms with Crippen molar-refractivity contribution in [2.24, 2.45) is 0 Å². The van der Waals surface area contributed by atoms with Gasteiger partial charge in [0.25, 0.3) is 0 Å². The van der Waals surface area contributed by atoms with Gasteiger partial charge < -0.3 is 20.2 Å². The first-order valence-corrected chi connectivity index (χ1v) is 14.8. The molecule has 0 unspecified atom stereocenters. The molecule has 10 nitrogen and oxygen atoms in total. The van der Waals surface area contributed by atoms with Crippen LogP contribution in [0.3, 0.4) is 0 Å². The summed E-state index contributed by atoms with van der Waals surface area (Å²) in [6.07, 6.45) is 3.54. The molecule has 2 N–H and O–H groups in total. The number of carboxylic acid groups (broad SMARTS) is 1. The number of nitriles is 1. The zero-order chi connectivity index (χ0) is 26.2. The van der Waals surface area contributed by atoms with Crippen molar-refractivity contribution in [1.82, 2.24) is 14.2 Å². The smallest absolute Gasteiger partial charge is 0.407 e. The van der Waals surface area contributed by atoms with Gasteiger partial charge in [0.1, 0.15) is 11.9 Å². The van der Waals surface area contributed by atoms with E-state index in [0.717, 1.165) is 39.1 Å². The minimum absolute atomic E-state index is 0.0423. The molecule has 1 aromatic carbocycles. The van der Waals surface area contributed by atoms with Crippen LogP contribution in [0.25, 0.3) is 20.5 Å². The van der Waals surface area contributed by atoms with Crippen LogP contribution in [-0.2, 0) is 10.0 Å². The lowest BCUT2D eigenvalue weighted by Gasteiger charge is -2.34. The summed E-state index contributed by atoms with van der Waals surface area (Å²) in [6.45, 7) is 3.17. The van der Waals surface area contributed by atoms with Crippen molar-refractivity contribution in [3.63, 3.8) is 0 Å². The molecule has 5 rings (SSSR count). The number of carbonyl (C=O) groups is 1. The van der Waals surface area contributed by atoms with Crippen LogP contribution in [0.15, 0.2) is 36.5 Å². The molecule has 2 aromatic heterocycles. The number of thiophene rings is 1. The lowest BCUT2D eigenvalue weighted by molar-refractivity contribution is 0.133. The summed E-state index contributed by atoms with van der Waals surface area (Å²) in [5, 5.41) is 23.3. The molecule has 37 heavy (non-hydrogen) atoms. The number of nitrogens with zero attached hydrogens (tertiary/aromatic N) is 5. The fourth-order valence-corrected chi connectivity index (χ4v) is 6.89. The third-order valence-electron chi connectivity index (χ3n) is 6.93. The monoisotopic (exact) mass is 540 g/mol. The number of nitrogens with one attached hydrogen (secondary N) is 1. The average Bonchev–Trinajstić information content (AvgIpc) is 3.35. The van der Waals surface area contributed by atoms with Crippen LogP contribution in [-0.4, -0.2) is 85.4 Å². The van der Waals surface area contributed by atoms with Gasteiger partial charge in [0.2, 0.25) is 10.0 Å². The number of hydrogen-bond acceptors (Lipinski definition) is 8. The number of fused-ring (bicyclic) bond motifs is 1. The highest BCUT2D eigenvalue weighted by atomic mass is 32.2. The van der Waals surface area contributed by atoms with Crippen LogP contribution in [0.1, 0.15) is 18.4 Å². The van der Waals surface area contributed by atoms with Gasteiger partial charge in [-0.05, 0) is 36.6 Å². The number of pyridine rings is 1. The third-order valence-corrected chi connectivity index (χ3v) is 9.45. The Hall–Kier alpha value is -3.40. The molecule has 0 radical (unpaired) electrons. The SMILES string of the molecule is CS(=O)(=O)N1CCN(c2ccc(-c3cc4c(N[C@H]5CCCN(C(=O)O)C5)ncc(C#N)c4s3)cc2)CC1. The first-order valence-electron chi connectivity index (χ1n) is 12.1. The Labute approximate surface area is 219 Å². The Morgan fingerprint density at radius 3 is 2.57 bits per heavy atom. The van der Waals surface area contributed by atoms with Gasteiger partial charge in [-0.3, -0.25) is 0 Å². The van der Waals surface area contributed by atoms with Crippen molar-refractivity contribution in [2.75, 3.05) is 55.7 Å². The number of aromatic nitrogens is 1. The Morgan fingerprint density at radius 2 is 1.92 bits per heavy atom. The minimum atomic E-state index is -3.17. The number of likely N-dealkylation sites (tertiary alicyclic amines) is 1. The number of sulfonamides is 1. The van der Waals surface area contributed by atoms with E-state index in [1.54, 1.807) is 6.20 Å². The van der Waals surface area contributed by atoms with Crippen molar-refractivity contribution in [1.29, 1.82) is 5.26 Å². The predicted molar refractivity (Wildman–Crippen MR) is 145 cm³/mol. The number of rotatable bonds is 5. The molecular formula is C25H28N6O4S2. The molecule has 194 valence electrons. The van der Waals surface area contributed by atoms with E-state index in [-0.39, 0.29) is 6.04 Å². The highest BCUT2D eigenvalue weighted by Crippen LogP contribution is 2.39. The zero-order valence-electron chi connectivity index (χ0n) is 20.4. The second kappa shape index (κ2) is 10.2. The largest absolute Gasteiger partial charge is 0.465 e. The number of benzene rings is 1. The van der Waals surface area contributed by atoms with E-state index in [4.69, 9.17) is 0 Å². The van der Waals surface area contributed by atoms with Gasteiger partial charge in [0.05, 0.1) is 16.5 Å². The van der Waals surface area contributed by atoms with E-state index >= 15 is 0 Å². The van der Waals surface area contributed by atoms with Crippen LogP contribution >= 0.6 is 11.3 Å².